The molecule has 0 saturated heterocycles. The molecule has 2 amide bonds. The summed E-state index contributed by atoms with van der Waals surface area (Å²) >= 11 is 1.57. The number of benzene rings is 2. The van der Waals surface area contributed by atoms with Crippen molar-refractivity contribution in [2.45, 2.75) is 6.54 Å². The van der Waals surface area contributed by atoms with Gasteiger partial charge in [0.2, 0.25) is 0 Å². The van der Waals surface area contributed by atoms with Crippen molar-refractivity contribution in [2.24, 2.45) is 0 Å². The van der Waals surface area contributed by atoms with Crippen molar-refractivity contribution in [3.8, 4) is 0 Å². The molecule has 3 rings (SSSR count). The molecule has 1 N–H and O–H groups in total. The van der Waals surface area contributed by atoms with E-state index in [1.165, 1.54) is 0 Å². The number of hydrogen-bond donors (Lipinski definition) is 1. The van der Waals surface area contributed by atoms with Gasteiger partial charge in [0, 0.05) is 41.7 Å². The van der Waals surface area contributed by atoms with Gasteiger partial charge in [-0.2, -0.15) is 0 Å². The molecule has 0 radical (unpaired) electrons. The molecule has 0 fully saturated rings. The molecule has 24 heavy (non-hydrogen) atoms. The molecule has 0 atom stereocenters. The van der Waals surface area contributed by atoms with Crippen molar-refractivity contribution in [1.29, 1.82) is 0 Å². The zero-order chi connectivity index (χ0) is 17.1. The van der Waals surface area contributed by atoms with Crippen LogP contribution < -0.4 is 5.32 Å². The monoisotopic (exact) mass is 338 g/mol. The third kappa shape index (κ3) is 3.31. The molecule has 5 heteroatoms. The Hall–Kier alpha value is -2.66. The third-order valence-electron chi connectivity index (χ3n) is 3.79. The number of hydrogen-bond acceptors (Lipinski definition) is 3. The molecule has 0 bridgehead atoms. The number of thiophene rings is 1. The van der Waals surface area contributed by atoms with Crippen molar-refractivity contribution in [3.63, 3.8) is 0 Å². The lowest BCUT2D eigenvalue weighted by atomic mass is 10.1. The van der Waals surface area contributed by atoms with E-state index in [0.717, 1.165) is 15.6 Å². The SMILES string of the molecule is CN(C)C(=O)c1ccc(CNC(=O)c2csc3ccccc23)cc1. The largest absolute Gasteiger partial charge is 0.348 e. The summed E-state index contributed by atoms with van der Waals surface area (Å²) in [5, 5.41) is 5.80. The normalized spacial score (nSPS) is 10.6. The van der Waals surface area contributed by atoms with Gasteiger partial charge in [-0.3, -0.25) is 9.59 Å². The standard InChI is InChI=1S/C19H18N2O2S/c1-21(2)19(23)14-9-7-13(8-10-14)11-20-18(22)16-12-24-17-6-4-3-5-15(16)17/h3-10,12H,11H2,1-2H3,(H,20,22). The van der Waals surface area contributed by atoms with Crippen LogP contribution in [0.3, 0.4) is 0 Å². The fourth-order valence-electron chi connectivity index (χ4n) is 2.45. The lowest BCUT2D eigenvalue weighted by Crippen LogP contribution is -2.23. The Morgan fingerprint density at radius 2 is 1.75 bits per heavy atom. The molecule has 4 nitrogen and oxygen atoms in total. The smallest absolute Gasteiger partial charge is 0.253 e. The highest BCUT2D eigenvalue weighted by Crippen LogP contribution is 2.25. The second-order valence-corrected chi connectivity index (χ2v) is 6.64. The Morgan fingerprint density at radius 1 is 1.04 bits per heavy atom. The van der Waals surface area contributed by atoms with Gasteiger partial charge in [-0.25, -0.2) is 0 Å². The molecule has 1 aromatic heterocycles. The molecule has 0 aliphatic rings. The zero-order valence-corrected chi connectivity index (χ0v) is 14.4. The maximum absolute atomic E-state index is 12.4. The summed E-state index contributed by atoms with van der Waals surface area (Å²) < 4.78 is 1.11. The van der Waals surface area contributed by atoms with Crippen molar-refractivity contribution < 1.29 is 9.59 Å². The Kier molecular flexibility index (Phi) is 4.62. The molecular weight excluding hydrogens is 320 g/mol. The molecule has 0 spiro atoms. The number of amides is 2. The van der Waals surface area contributed by atoms with Crippen LogP contribution in [0.4, 0.5) is 0 Å². The average molecular weight is 338 g/mol. The van der Waals surface area contributed by atoms with E-state index in [9.17, 15) is 9.59 Å². The van der Waals surface area contributed by atoms with E-state index in [0.29, 0.717) is 17.7 Å². The van der Waals surface area contributed by atoms with Gasteiger partial charge in [0.1, 0.15) is 0 Å². The first kappa shape index (κ1) is 16.2. The molecule has 0 aliphatic carbocycles. The maximum Gasteiger partial charge on any atom is 0.253 e. The van der Waals surface area contributed by atoms with Crippen LogP contribution in [0.15, 0.2) is 53.9 Å². The quantitative estimate of drug-likeness (QED) is 0.791. The number of carbonyl (C=O) groups excluding carboxylic acids is 2. The Morgan fingerprint density at radius 3 is 2.46 bits per heavy atom. The molecular formula is C19H18N2O2S. The van der Waals surface area contributed by atoms with Gasteiger partial charge in [-0.1, -0.05) is 30.3 Å². The van der Waals surface area contributed by atoms with Crippen LogP contribution in [0.2, 0.25) is 0 Å². The number of rotatable bonds is 4. The third-order valence-corrected chi connectivity index (χ3v) is 4.75. The summed E-state index contributed by atoms with van der Waals surface area (Å²) in [6, 6.07) is 15.2. The van der Waals surface area contributed by atoms with Crippen LogP contribution in [0.1, 0.15) is 26.3 Å². The topological polar surface area (TPSA) is 49.4 Å². The Labute approximate surface area is 144 Å². The first-order valence-electron chi connectivity index (χ1n) is 7.61. The summed E-state index contributed by atoms with van der Waals surface area (Å²) in [5.74, 6) is -0.115. The van der Waals surface area contributed by atoms with Crippen molar-refractivity contribution in [2.75, 3.05) is 14.1 Å². The summed E-state index contributed by atoms with van der Waals surface area (Å²) in [6.07, 6.45) is 0. The Bertz CT molecular complexity index is 882. The average Bonchev–Trinajstić information content (AvgIpc) is 3.03. The van der Waals surface area contributed by atoms with Gasteiger partial charge in [-0.05, 0) is 23.8 Å². The maximum atomic E-state index is 12.4. The molecule has 0 aliphatic heterocycles. The fourth-order valence-corrected chi connectivity index (χ4v) is 3.40. The molecule has 1 heterocycles. The van der Waals surface area contributed by atoms with Gasteiger partial charge in [0.15, 0.2) is 0 Å². The minimum absolute atomic E-state index is 0.0321. The zero-order valence-electron chi connectivity index (χ0n) is 13.6. The predicted octanol–water partition coefficient (Wildman–Crippen LogP) is 3.53. The first-order valence-corrected chi connectivity index (χ1v) is 8.49. The van der Waals surface area contributed by atoms with Crippen molar-refractivity contribution in [3.05, 3.63) is 70.6 Å². The second kappa shape index (κ2) is 6.84. The summed E-state index contributed by atoms with van der Waals surface area (Å²) in [6.45, 7) is 0.430. The van der Waals surface area contributed by atoms with Crippen LogP contribution in [0.5, 0.6) is 0 Å². The highest BCUT2D eigenvalue weighted by atomic mass is 32.1. The van der Waals surface area contributed by atoms with E-state index in [-0.39, 0.29) is 11.8 Å². The van der Waals surface area contributed by atoms with Gasteiger partial charge in [0.05, 0.1) is 5.56 Å². The summed E-state index contributed by atoms with van der Waals surface area (Å²) in [7, 11) is 3.45. The summed E-state index contributed by atoms with van der Waals surface area (Å²) in [4.78, 5) is 25.8. The van der Waals surface area contributed by atoms with E-state index in [4.69, 9.17) is 0 Å². The van der Waals surface area contributed by atoms with E-state index >= 15 is 0 Å². The fraction of sp³-hybridized carbons (Fsp3) is 0.158. The lowest BCUT2D eigenvalue weighted by molar-refractivity contribution is 0.0827. The molecule has 3 aromatic rings. The number of carbonyl (C=O) groups is 2. The molecule has 0 unspecified atom stereocenters. The number of nitrogens with zero attached hydrogens (tertiary/aromatic N) is 1. The minimum Gasteiger partial charge on any atom is -0.348 e. The second-order valence-electron chi connectivity index (χ2n) is 5.72. The van der Waals surface area contributed by atoms with Gasteiger partial charge in [0.25, 0.3) is 11.8 Å². The number of nitrogens with one attached hydrogen (secondary N) is 1. The van der Waals surface area contributed by atoms with E-state index in [1.54, 1.807) is 42.5 Å². The van der Waals surface area contributed by atoms with Crippen LogP contribution in [0, 0.1) is 0 Å². The lowest BCUT2D eigenvalue weighted by Gasteiger charge is -2.10. The van der Waals surface area contributed by atoms with E-state index in [2.05, 4.69) is 5.32 Å². The first-order chi connectivity index (χ1) is 11.6. The van der Waals surface area contributed by atoms with Gasteiger partial charge >= 0.3 is 0 Å². The van der Waals surface area contributed by atoms with Crippen molar-refractivity contribution in [1.82, 2.24) is 10.2 Å². The highest BCUT2D eigenvalue weighted by Gasteiger charge is 2.12. The Balaban J connectivity index is 1.67. The van der Waals surface area contributed by atoms with Crippen molar-refractivity contribution >= 4 is 33.2 Å². The van der Waals surface area contributed by atoms with Crippen LogP contribution in [-0.2, 0) is 6.54 Å². The van der Waals surface area contributed by atoms with Gasteiger partial charge < -0.3 is 10.2 Å². The van der Waals surface area contributed by atoms with Crippen LogP contribution in [-0.4, -0.2) is 30.8 Å². The molecule has 0 saturated carbocycles. The number of fused-ring (bicyclic) bond motifs is 1. The van der Waals surface area contributed by atoms with E-state index in [1.807, 2.05) is 41.8 Å². The van der Waals surface area contributed by atoms with Crippen LogP contribution >= 0.6 is 11.3 Å². The van der Waals surface area contributed by atoms with E-state index < -0.39 is 0 Å². The molecule has 122 valence electrons. The van der Waals surface area contributed by atoms with Gasteiger partial charge in [-0.15, -0.1) is 11.3 Å². The van der Waals surface area contributed by atoms with Crippen LogP contribution in [0.25, 0.3) is 10.1 Å². The summed E-state index contributed by atoms with van der Waals surface area (Å²) in [5.41, 5.74) is 2.30. The minimum atomic E-state index is -0.0825. The highest BCUT2D eigenvalue weighted by molar-refractivity contribution is 7.17. The predicted molar refractivity (Wildman–Crippen MR) is 97.5 cm³/mol. The molecule has 2 aromatic carbocycles.